The van der Waals surface area contributed by atoms with Gasteiger partial charge in [0.15, 0.2) is 11.5 Å². The highest BCUT2D eigenvalue weighted by molar-refractivity contribution is 5.91. The number of benzene rings is 2. The lowest BCUT2D eigenvalue weighted by atomic mass is 9.82. The minimum absolute atomic E-state index is 0.0813. The van der Waals surface area contributed by atoms with Crippen LogP contribution in [0.3, 0.4) is 0 Å². The van der Waals surface area contributed by atoms with E-state index < -0.39 is 17.4 Å². The van der Waals surface area contributed by atoms with E-state index in [1.165, 1.54) is 24.1 Å². The highest BCUT2D eigenvalue weighted by Gasteiger charge is 2.41. The smallest absolute Gasteiger partial charge is 0.326 e. The molecule has 2 heterocycles. The third-order valence-corrected chi connectivity index (χ3v) is 6.57. The highest BCUT2D eigenvalue weighted by atomic mass is 19.1. The molecular weight excluding hydrogens is 467 g/mol. The van der Waals surface area contributed by atoms with E-state index in [1.54, 1.807) is 51.1 Å². The van der Waals surface area contributed by atoms with Crippen molar-refractivity contribution < 1.29 is 33.0 Å². The Labute approximate surface area is 208 Å². The number of aliphatic carboxylic acids is 1. The average molecular weight is 497 g/mol. The van der Waals surface area contributed by atoms with Crippen LogP contribution in [0.25, 0.3) is 11.5 Å². The molecule has 0 radical (unpaired) electrons. The molecular formula is C27H29FN2O6. The van der Waals surface area contributed by atoms with Gasteiger partial charge in [0.25, 0.3) is 0 Å². The molecule has 36 heavy (non-hydrogen) atoms. The molecule has 0 spiro atoms. The predicted molar refractivity (Wildman–Crippen MR) is 129 cm³/mol. The van der Waals surface area contributed by atoms with Crippen molar-refractivity contribution in [2.45, 2.75) is 51.7 Å². The van der Waals surface area contributed by atoms with E-state index in [9.17, 15) is 19.1 Å². The number of aromatic nitrogens is 1. The van der Waals surface area contributed by atoms with Crippen LogP contribution in [0, 0.1) is 12.7 Å². The number of carboxylic acid groups (broad SMARTS) is 1. The Morgan fingerprint density at radius 2 is 1.92 bits per heavy atom. The number of methoxy groups -OCH3 is 1. The molecule has 1 aliphatic heterocycles. The van der Waals surface area contributed by atoms with Gasteiger partial charge in [-0.3, -0.25) is 4.79 Å². The quantitative estimate of drug-likeness (QED) is 0.481. The number of nitrogens with zero attached hydrogens (tertiary/aromatic N) is 2. The molecule has 0 bridgehead atoms. The van der Waals surface area contributed by atoms with Crippen LogP contribution in [0.1, 0.15) is 43.7 Å². The second kappa shape index (κ2) is 10.0. The number of rotatable bonds is 8. The summed E-state index contributed by atoms with van der Waals surface area (Å²) in [4.78, 5) is 30.9. The molecule has 0 aliphatic carbocycles. The Hall–Kier alpha value is -3.88. The van der Waals surface area contributed by atoms with Crippen molar-refractivity contribution in [3.63, 3.8) is 0 Å². The molecule has 1 amide bonds. The summed E-state index contributed by atoms with van der Waals surface area (Å²) in [5.41, 5.74) is 0.899. The van der Waals surface area contributed by atoms with Crippen molar-refractivity contribution in [2.24, 2.45) is 0 Å². The zero-order chi connectivity index (χ0) is 26.0. The molecule has 4 rings (SSSR count). The Morgan fingerprint density at radius 3 is 2.58 bits per heavy atom. The average Bonchev–Trinajstić information content (AvgIpc) is 3.49. The molecule has 2 aromatic carbocycles. The second-order valence-corrected chi connectivity index (χ2v) is 9.30. The fourth-order valence-electron chi connectivity index (χ4n) is 4.35. The van der Waals surface area contributed by atoms with Gasteiger partial charge in [0.05, 0.1) is 12.5 Å². The van der Waals surface area contributed by atoms with Crippen molar-refractivity contribution in [1.29, 1.82) is 0 Å². The maximum Gasteiger partial charge on any atom is 0.326 e. The normalized spacial score (nSPS) is 15.7. The number of carbonyl (C=O) groups excluding carboxylic acids is 1. The third-order valence-electron chi connectivity index (χ3n) is 6.57. The lowest BCUT2D eigenvalue weighted by Crippen LogP contribution is -2.48. The Kier molecular flexibility index (Phi) is 7.01. The van der Waals surface area contributed by atoms with Crippen molar-refractivity contribution >= 4 is 11.9 Å². The number of carboxylic acids is 1. The molecule has 190 valence electrons. The first-order valence-electron chi connectivity index (χ1n) is 11.7. The van der Waals surface area contributed by atoms with E-state index in [2.05, 4.69) is 4.98 Å². The van der Waals surface area contributed by atoms with E-state index in [1.807, 2.05) is 0 Å². The van der Waals surface area contributed by atoms with Crippen LogP contribution in [-0.4, -0.2) is 46.6 Å². The van der Waals surface area contributed by atoms with E-state index in [-0.39, 0.29) is 18.3 Å². The van der Waals surface area contributed by atoms with Crippen molar-refractivity contribution in [3.8, 4) is 23.0 Å². The number of halogens is 1. The summed E-state index contributed by atoms with van der Waals surface area (Å²) in [6.45, 7) is 5.81. The van der Waals surface area contributed by atoms with Crippen LogP contribution in [0.2, 0.25) is 0 Å². The molecule has 1 aromatic heterocycles. The van der Waals surface area contributed by atoms with E-state index in [4.69, 9.17) is 13.9 Å². The van der Waals surface area contributed by atoms with Gasteiger partial charge in [-0.25, -0.2) is 14.2 Å². The van der Waals surface area contributed by atoms with Gasteiger partial charge in [-0.15, -0.1) is 0 Å². The molecule has 9 heteroatoms. The monoisotopic (exact) mass is 496 g/mol. The molecule has 1 saturated heterocycles. The number of amides is 1. The van der Waals surface area contributed by atoms with Gasteiger partial charge < -0.3 is 23.9 Å². The largest absolute Gasteiger partial charge is 0.493 e. The number of oxazole rings is 1. The maximum absolute atomic E-state index is 13.4. The minimum atomic E-state index is -0.988. The first-order valence-corrected chi connectivity index (χ1v) is 11.7. The van der Waals surface area contributed by atoms with Gasteiger partial charge in [-0.05, 0) is 75.6 Å². The second-order valence-electron chi connectivity index (χ2n) is 9.30. The lowest BCUT2D eigenvalue weighted by Gasteiger charge is -2.32. The zero-order valence-corrected chi connectivity index (χ0v) is 20.7. The third kappa shape index (κ3) is 4.91. The Bertz CT molecular complexity index is 1270. The summed E-state index contributed by atoms with van der Waals surface area (Å²) in [5, 5.41) is 9.51. The van der Waals surface area contributed by atoms with Crippen LogP contribution < -0.4 is 9.47 Å². The molecule has 1 atom stereocenters. The topological polar surface area (TPSA) is 102 Å². The summed E-state index contributed by atoms with van der Waals surface area (Å²) in [6, 6.07) is 10.3. The molecule has 1 N–H and O–H groups in total. The van der Waals surface area contributed by atoms with E-state index in [0.717, 1.165) is 0 Å². The van der Waals surface area contributed by atoms with Crippen LogP contribution >= 0.6 is 0 Å². The first-order chi connectivity index (χ1) is 17.1. The van der Waals surface area contributed by atoms with Gasteiger partial charge in [0.2, 0.25) is 11.8 Å². The van der Waals surface area contributed by atoms with E-state index in [0.29, 0.717) is 59.4 Å². The van der Waals surface area contributed by atoms with Gasteiger partial charge in [0.1, 0.15) is 29.9 Å². The van der Waals surface area contributed by atoms with Crippen LogP contribution in [0.5, 0.6) is 11.5 Å². The van der Waals surface area contributed by atoms with Crippen LogP contribution in [-0.2, 0) is 21.6 Å². The van der Waals surface area contributed by atoms with Crippen LogP contribution in [0.4, 0.5) is 4.39 Å². The maximum atomic E-state index is 13.4. The molecule has 1 fully saturated rings. The SMILES string of the molecule is COc1ccc(C(C)(C)C(=O)N2CCCC2C(=O)O)cc1OCc1nc(-c2ccc(F)cc2)oc1C. The fraction of sp³-hybridized carbons (Fsp3) is 0.370. The molecule has 1 unspecified atom stereocenters. The van der Waals surface area contributed by atoms with E-state index >= 15 is 0 Å². The number of ether oxygens (including phenoxy) is 2. The number of hydrogen-bond donors (Lipinski definition) is 1. The summed E-state index contributed by atoms with van der Waals surface area (Å²) in [6.07, 6.45) is 1.11. The Morgan fingerprint density at radius 1 is 1.19 bits per heavy atom. The lowest BCUT2D eigenvalue weighted by molar-refractivity contribution is -0.150. The first kappa shape index (κ1) is 25.2. The van der Waals surface area contributed by atoms with Crippen molar-refractivity contribution in [2.75, 3.05) is 13.7 Å². The summed E-state index contributed by atoms with van der Waals surface area (Å²) < 4.78 is 30.5. The van der Waals surface area contributed by atoms with Crippen LogP contribution in [0.15, 0.2) is 46.9 Å². The number of aryl methyl sites for hydroxylation is 1. The molecule has 0 saturated carbocycles. The van der Waals surface area contributed by atoms with Gasteiger partial charge in [0, 0.05) is 12.1 Å². The number of likely N-dealkylation sites (tertiary alicyclic amines) is 1. The standard InChI is InChI=1S/C27H29FN2O6/c1-16-20(29-24(36-16)17-7-10-19(28)11-8-17)15-35-23-14-18(9-12-22(23)34-4)27(2,3)26(33)30-13-5-6-21(30)25(31)32/h7-12,14,21H,5-6,13,15H2,1-4H3,(H,31,32). The Balaban J connectivity index is 1.55. The van der Waals surface area contributed by atoms with Gasteiger partial charge in [-0.1, -0.05) is 6.07 Å². The summed E-state index contributed by atoms with van der Waals surface area (Å²) >= 11 is 0. The number of carbonyl (C=O) groups is 2. The van der Waals surface area contributed by atoms with Gasteiger partial charge in [-0.2, -0.15) is 0 Å². The molecule has 3 aromatic rings. The minimum Gasteiger partial charge on any atom is -0.493 e. The van der Waals surface area contributed by atoms with Crippen molar-refractivity contribution in [3.05, 3.63) is 65.3 Å². The predicted octanol–water partition coefficient (Wildman–Crippen LogP) is 4.73. The summed E-state index contributed by atoms with van der Waals surface area (Å²) in [5.74, 6) is 0.232. The number of hydrogen-bond acceptors (Lipinski definition) is 6. The highest BCUT2D eigenvalue weighted by Crippen LogP contribution is 2.36. The molecule has 1 aliphatic rings. The van der Waals surface area contributed by atoms with Gasteiger partial charge >= 0.3 is 5.97 Å². The fourth-order valence-corrected chi connectivity index (χ4v) is 4.35. The molecule has 8 nitrogen and oxygen atoms in total. The zero-order valence-electron chi connectivity index (χ0n) is 20.7. The van der Waals surface area contributed by atoms with Crippen molar-refractivity contribution in [1.82, 2.24) is 9.88 Å². The summed E-state index contributed by atoms with van der Waals surface area (Å²) in [7, 11) is 1.52.